The van der Waals surface area contributed by atoms with Gasteiger partial charge >= 0.3 is 5.97 Å². The third kappa shape index (κ3) is 2.92. The lowest BCUT2D eigenvalue weighted by molar-refractivity contribution is -0.151. The Labute approximate surface area is 89.2 Å². The molecule has 1 aliphatic rings. The summed E-state index contributed by atoms with van der Waals surface area (Å²) in [5.74, 6) is -1.15. The van der Waals surface area contributed by atoms with Crippen molar-refractivity contribution in [1.82, 2.24) is 10.6 Å². The predicted octanol–water partition coefficient (Wildman–Crippen LogP) is 0.109. The molecule has 0 radical (unpaired) electrons. The first-order chi connectivity index (χ1) is 7.10. The fourth-order valence-corrected chi connectivity index (χ4v) is 1.61. The Bertz CT molecular complexity index is 249. The maximum absolute atomic E-state index is 11.4. The molecule has 0 unspecified atom stereocenters. The van der Waals surface area contributed by atoms with E-state index in [2.05, 4.69) is 10.6 Å². The lowest BCUT2D eigenvalue weighted by atomic mass is 9.77. The monoisotopic (exact) mass is 214 g/mol. The molecular weight excluding hydrogens is 196 g/mol. The number of hydrogen-bond acceptors (Lipinski definition) is 3. The minimum atomic E-state index is -0.981. The molecule has 0 aromatic carbocycles. The van der Waals surface area contributed by atoms with Gasteiger partial charge in [0.15, 0.2) is 0 Å². The minimum Gasteiger partial charge on any atom is -0.480 e. The Morgan fingerprint density at radius 1 is 1.40 bits per heavy atom. The van der Waals surface area contributed by atoms with Crippen LogP contribution in [0.1, 0.15) is 32.6 Å². The molecule has 15 heavy (non-hydrogen) atoms. The number of hydrogen-bond donors (Lipinski definition) is 3. The number of carboxylic acid groups (broad SMARTS) is 1. The zero-order valence-corrected chi connectivity index (χ0v) is 9.01. The fourth-order valence-electron chi connectivity index (χ4n) is 1.61. The lowest BCUT2D eigenvalue weighted by Crippen LogP contribution is -2.60. The van der Waals surface area contributed by atoms with Crippen molar-refractivity contribution in [3.63, 3.8) is 0 Å². The molecular formula is C10H18N2O3. The molecule has 0 saturated heterocycles. The molecule has 86 valence electrons. The quantitative estimate of drug-likeness (QED) is 0.548. The number of carboxylic acids is 1. The normalized spacial score (nSPS) is 17.9. The van der Waals surface area contributed by atoms with Gasteiger partial charge in [-0.3, -0.25) is 4.79 Å². The fraction of sp³-hybridized carbons (Fsp3) is 0.800. The van der Waals surface area contributed by atoms with Crippen molar-refractivity contribution in [3.05, 3.63) is 0 Å². The van der Waals surface area contributed by atoms with E-state index in [-0.39, 0.29) is 12.5 Å². The van der Waals surface area contributed by atoms with E-state index in [9.17, 15) is 9.59 Å². The van der Waals surface area contributed by atoms with Gasteiger partial charge in [-0.05, 0) is 32.2 Å². The molecule has 0 aliphatic heterocycles. The summed E-state index contributed by atoms with van der Waals surface area (Å²) in [6.45, 7) is 2.98. The zero-order chi connectivity index (χ0) is 11.3. The number of rotatable bonds is 6. The minimum absolute atomic E-state index is 0.197. The van der Waals surface area contributed by atoms with Gasteiger partial charge in [0.05, 0.1) is 6.54 Å². The first-order valence-electron chi connectivity index (χ1n) is 5.36. The first-order valence-corrected chi connectivity index (χ1v) is 5.36. The van der Waals surface area contributed by atoms with Gasteiger partial charge in [-0.15, -0.1) is 0 Å². The van der Waals surface area contributed by atoms with Crippen LogP contribution in [0.3, 0.4) is 0 Å². The van der Waals surface area contributed by atoms with E-state index < -0.39 is 11.5 Å². The Balaban J connectivity index is 2.32. The topological polar surface area (TPSA) is 78.4 Å². The van der Waals surface area contributed by atoms with Gasteiger partial charge in [0.2, 0.25) is 5.91 Å². The lowest BCUT2D eigenvalue weighted by Gasteiger charge is -2.38. The van der Waals surface area contributed by atoms with Gasteiger partial charge in [-0.1, -0.05) is 6.92 Å². The second-order valence-electron chi connectivity index (χ2n) is 3.97. The Morgan fingerprint density at radius 3 is 2.47 bits per heavy atom. The van der Waals surface area contributed by atoms with Crippen molar-refractivity contribution in [2.24, 2.45) is 0 Å². The summed E-state index contributed by atoms with van der Waals surface area (Å²) in [5, 5.41) is 14.5. The summed E-state index contributed by atoms with van der Waals surface area (Å²) < 4.78 is 0. The summed E-state index contributed by atoms with van der Waals surface area (Å²) in [6, 6.07) is 0. The molecule has 0 aromatic rings. The molecule has 0 aromatic heterocycles. The predicted molar refractivity (Wildman–Crippen MR) is 55.5 cm³/mol. The molecule has 0 spiro atoms. The summed E-state index contributed by atoms with van der Waals surface area (Å²) in [5.41, 5.74) is -0.981. The van der Waals surface area contributed by atoms with E-state index in [1.807, 2.05) is 6.92 Å². The van der Waals surface area contributed by atoms with Crippen LogP contribution in [0, 0.1) is 0 Å². The van der Waals surface area contributed by atoms with Crippen LogP contribution >= 0.6 is 0 Å². The van der Waals surface area contributed by atoms with E-state index in [4.69, 9.17) is 5.11 Å². The SMILES string of the molecule is CCCNCC(=O)NC1(C(=O)O)CCC1. The molecule has 0 bridgehead atoms. The Kier molecular flexibility index (Phi) is 4.08. The van der Waals surface area contributed by atoms with E-state index in [1.54, 1.807) is 0 Å². The molecule has 0 heterocycles. The number of aliphatic carboxylic acids is 1. The second-order valence-corrected chi connectivity index (χ2v) is 3.97. The molecule has 1 saturated carbocycles. The zero-order valence-electron chi connectivity index (χ0n) is 9.01. The molecule has 5 nitrogen and oxygen atoms in total. The standard InChI is InChI=1S/C10H18N2O3/c1-2-6-11-7-8(13)12-10(9(14)15)4-3-5-10/h11H,2-7H2,1H3,(H,12,13)(H,14,15). The number of carbonyl (C=O) groups is 2. The van der Waals surface area contributed by atoms with Crippen molar-refractivity contribution in [1.29, 1.82) is 0 Å². The molecule has 0 atom stereocenters. The van der Waals surface area contributed by atoms with E-state index in [0.717, 1.165) is 19.4 Å². The van der Waals surface area contributed by atoms with Crippen LogP contribution in [-0.2, 0) is 9.59 Å². The third-order valence-corrected chi connectivity index (χ3v) is 2.71. The van der Waals surface area contributed by atoms with Crippen molar-refractivity contribution >= 4 is 11.9 Å². The largest absolute Gasteiger partial charge is 0.480 e. The van der Waals surface area contributed by atoms with Gasteiger partial charge in [-0.2, -0.15) is 0 Å². The maximum Gasteiger partial charge on any atom is 0.329 e. The van der Waals surface area contributed by atoms with Crippen LogP contribution in [-0.4, -0.2) is 35.6 Å². The van der Waals surface area contributed by atoms with E-state index in [0.29, 0.717) is 12.8 Å². The summed E-state index contributed by atoms with van der Waals surface area (Å²) in [6.07, 6.45) is 2.91. The highest BCUT2D eigenvalue weighted by Gasteiger charge is 2.45. The Morgan fingerprint density at radius 2 is 2.07 bits per heavy atom. The summed E-state index contributed by atoms with van der Waals surface area (Å²) in [4.78, 5) is 22.3. The molecule has 1 fully saturated rings. The average Bonchev–Trinajstić information content (AvgIpc) is 2.11. The third-order valence-electron chi connectivity index (χ3n) is 2.71. The van der Waals surface area contributed by atoms with Crippen molar-refractivity contribution in [2.45, 2.75) is 38.1 Å². The average molecular weight is 214 g/mol. The molecule has 1 aliphatic carbocycles. The van der Waals surface area contributed by atoms with Crippen molar-refractivity contribution in [3.8, 4) is 0 Å². The van der Waals surface area contributed by atoms with Gasteiger partial charge in [0.1, 0.15) is 5.54 Å². The Hall–Kier alpha value is -1.10. The summed E-state index contributed by atoms with van der Waals surface area (Å²) in [7, 11) is 0. The molecule has 3 N–H and O–H groups in total. The van der Waals surface area contributed by atoms with Gasteiger partial charge < -0.3 is 15.7 Å². The van der Waals surface area contributed by atoms with E-state index >= 15 is 0 Å². The highest BCUT2D eigenvalue weighted by Crippen LogP contribution is 2.31. The van der Waals surface area contributed by atoms with Crippen LogP contribution in [0.2, 0.25) is 0 Å². The van der Waals surface area contributed by atoms with Gasteiger partial charge in [-0.25, -0.2) is 4.79 Å². The number of amides is 1. The van der Waals surface area contributed by atoms with Crippen LogP contribution in [0.25, 0.3) is 0 Å². The van der Waals surface area contributed by atoms with Gasteiger partial charge in [0, 0.05) is 0 Å². The van der Waals surface area contributed by atoms with Crippen molar-refractivity contribution in [2.75, 3.05) is 13.1 Å². The van der Waals surface area contributed by atoms with Crippen molar-refractivity contribution < 1.29 is 14.7 Å². The second kappa shape index (κ2) is 5.11. The highest BCUT2D eigenvalue weighted by molar-refractivity contribution is 5.88. The van der Waals surface area contributed by atoms with E-state index in [1.165, 1.54) is 0 Å². The highest BCUT2D eigenvalue weighted by atomic mass is 16.4. The van der Waals surface area contributed by atoms with Crippen LogP contribution in [0.4, 0.5) is 0 Å². The molecule has 5 heteroatoms. The summed E-state index contributed by atoms with van der Waals surface area (Å²) >= 11 is 0. The smallest absolute Gasteiger partial charge is 0.329 e. The maximum atomic E-state index is 11.4. The molecule has 1 rings (SSSR count). The number of carbonyl (C=O) groups excluding carboxylic acids is 1. The van der Waals surface area contributed by atoms with Gasteiger partial charge in [0.25, 0.3) is 0 Å². The molecule has 1 amide bonds. The van der Waals surface area contributed by atoms with Crippen LogP contribution in [0.5, 0.6) is 0 Å². The first kappa shape index (κ1) is 12.0. The number of nitrogens with one attached hydrogen (secondary N) is 2. The van der Waals surface area contributed by atoms with Crippen LogP contribution in [0.15, 0.2) is 0 Å². The van der Waals surface area contributed by atoms with Crippen LogP contribution < -0.4 is 10.6 Å².